The summed E-state index contributed by atoms with van der Waals surface area (Å²) in [6.07, 6.45) is 2.15. The lowest BCUT2D eigenvalue weighted by Crippen LogP contribution is -2.04. The summed E-state index contributed by atoms with van der Waals surface area (Å²) < 4.78 is 0.840. The van der Waals surface area contributed by atoms with Crippen molar-refractivity contribution in [3.8, 4) is 0 Å². The molecule has 0 atom stereocenters. The van der Waals surface area contributed by atoms with Crippen LogP contribution in [0.15, 0.2) is 30.3 Å². The van der Waals surface area contributed by atoms with Gasteiger partial charge in [-0.3, -0.25) is 0 Å². The monoisotopic (exact) mass is 164 g/mol. The third-order valence-electron chi connectivity index (χ3n) is 1.47. The van der Waals surface area contributed by atoms with Gasteiger partial charge in [-0.2, -0.15) is 4.74 Å². The second-order valence-corrected chi connectivity index (χ2v) is 2.42. The summed E-state index contributed by atoms with van der Waals surface area (Å²) in [5.41, 5.74) is 5.90. The predicted molar refractivity (Wildman–Crippen MR) is 49.5 cm³/mol. The van der Waals surface area contributed by atoms with Gasteiger partial charge in [0.1, 0.15) is 0 Å². The molecule has 0 bridgehead atoms. The molecule has 0 aliphatic rings. The van der Waals surface area contributed by atoms with Crippen LogP contribution in [0.5, 0.6) is 0 Å². The molecular formula is C9H12N2O. The van der Waals surface area contributed by atoms with E-state index in [0.29, 0.717) is 18.7 Å². The molecule has 1 rings (SSSR count). The van der Waals surface area contributed by atoms with E-state index in [1.807, 2.05) is 18.2 Å². The Labute approximate surface area is 71.7 Å². The van der Waals surface area contributed by atoms with E-state index in [9.17, 15) is 5.21 Å². The largest absolute Gasteiger partial charge is 0.619 e. The van der Waals surface area contributed by atoms with Crippen LogP contribution in [0, 0.1) is 5.21 Å². The molecule has 0 aliphatic heterocycles. The molecule has 0 fully saturated rings. The van der Waals surface area contributed by atoms with Crippen LogP contribution in [0.1, 0.15) is 6.42 Å². The zero-order chi connectivity index (χ0) is 8.81. The lowest BCUT2D eigenvalue weighted by Gasteiger charge is -2.00. The first kappa shape index (κ1) is 8.74. The van der Waals surface area contributed by atoms with Crippen molar-refractivity contribution >= 4 is 11.9 Å². The fourth-order valence-electron chi connectivity index (χ4n) is 0.872. The first-order chi connectivity index (χ1) is 5.84. The van der Waals surface area contributed by atoms with E-state index in [1.54, 1.807) is 12.1 Å². The Morgan fingerprint density at radius 1 is 1.33 bits per heavy atom. The number of para-hydroxylation sites is 1. The van der Waals surface area contributed by atoms with Crippen LogP contribution in [-0.4, -0.2) is 17.5 Å². The molecule has 0 aliphatic carbocycles. The lowest BCUT2D eigenvalue weighted by molar-refractivity contribution is -0.356. The molecule has 1 aromatic carbocycles. The van der Waals surface area contributed by atoms with Gasteiger partial charge in [0.05, 0.1) is 0 Å². The van der Waals surface area contributed by atoms with Crippen LogP contribution in [0.25, 0.3) is 0 Å². The molecule has 12 heavy (non-hydrogen) atoms. The third kappa shape index (κ3) is 2.36. The third-order valence-corrected chi connectivity index (χ3v) is 1.47. The van der Waals surface area contributed by atoms with Crippen molar-refractivity contribution in [2.75, 3.05) is 6.54 Å². The molecule has 0 heterocycles. The highest BCUT2D eigenvalue weighted by Gasteiger charge is 1.96. The Kier molecular flexibility index (Phi) is 3.29. The summed E-state index contributed by atoms with van der Waals surface area (Å²) in [5, 5.41) is 11.2. The van der Waals surface area contributed by atoms with E-state index in [1.165, 1.54) is 6.21 Å². The first-order valence-electron chi connectivity index (χ1n) is 3.89. The fraction of sp³-hybridized carbons (Fsp3) is 0.222. The van der Waals surface area contributed by atoms with Gasteiger partial charge in [0.2, 0.25) is 5.69 Å². The van der Waals surface area contributed by atoms with Crippen LogP contribution in [-0.2, 0) is 0 Å². The normalized spacial score (nSPS) is 11.6. The molecule has 0 unspecified atom stereocenters. The summed E-state index contributed by atoms with van der Waals surface area (Å²) in [7, 11) is 0. The SMILES string of the molecule is NCC/C=[N+](\[O-])c1ccccc1. The number of benzene rings is 1. The molecule has 3 heteroatoms. The highest BCUT2D eigenvalue weighted by Crippen LogP contribution is 2.07. The predicted octanol–water partition coefficient (Wildman–Crippen LogP) is 1.25. The van der Waals surface area contributed by atoms with E-state index in [0.717, 1.165) is 4.74 Å². The van der Waals surface area contributed by atoms with Crippen LogP contribution in [0.3, 0.4) is 0 Å². The van der Waals surface area contributed by atoms with Gasteiger partial charge in [0, 0.05) is 25.1 Å². The molecule has 0 saturated heterocycles. The smallest absolute Gasteiger partial charge is 0.216 e. The van der Waals surface area contributed by atoms with E-state index in [2.05, 4.69) is 0 Å². The number of hydrogen-bond acceptors (Lipinski definition) is 2. The highest BCUT2D eigenvalue weighted by atomic mass is 16.5. The van der Waals surface area contributed by atoms with Crippen molar-refractivity contribution in [2.45, 2.75) is 6.42 Å². The van der Waals surface area contributed by atoms with Gasteiger partial charge in [0.25, 0.3) is 0 Å². The van der Waals surface area contributed by atoms with Gasteiger partial charge in [-0.15, -0.1) is 0 Å². The van der Waals surface area contributed by atoms with Gasteiger partial charge in [0.15, 0.2) is 6.21 Å². The Morgan fingerprint density at radius 3 is 2.58 bits per heavy atom. The number of nitrogens with zero attached hydrogens (tertiary/aromatic N) is 1. The van der Waals surface area contributed by atoms with Gasteiger partial charge in [-0.05, 0) is 0 Å². The quantitative estimate of drug-likeness (QED) is 0.316. The average Bonchev–Trinajstić information content (AvgIpc) is 2.15. The van der Waals surface area contributed by atoms with E-state index in [4.69, 9.17) is 5.73 Å². The maximum Gasteiger partial charge on any atom is 0.216 e. The van der Waals surface area contributed by atoms with Crippen molar-refractivity contribution in [2.24, 2.45) is 5.73 Å². The van der Waals surface area contributed by atoms with Crippen LogP contribution in [0.2, 0.25) is 0 Å². The molecule has 0 aromatic heterocycles. The maximum atomic E-state index is 11.2. The van der Waals surface area contributed by atoms with E-state index in [-0.39, 0.29) is 0 Å². The Hall–Kier alpha value is -1.35. The average molecular weight is 164 g/mol. The summed E-state index contributed by atoms with van der Waals surface area (Å²) in [4.78, 5) is 0. The topological polar surface area (TPSA) is 52.1 Å². The molecule has 2 N–H and O–H groups in total. The maximum absolute atomic E-state index is 11.2. The first-order valence-corrected chi connectivity index (χ1v) is 3.89. The van der Waals surface area contributed by atoms with E-state index >= 15 is 0 Å². The van der Waals surface area contributed by atoms with Crippen molar-refractivity contribution in [3.63, 3.8) is 0 Å². The Balaban J connectivity index is 2.71. The molecule has 0 saturated carbocycles. The molecule has 64 valence electrons. The number of hydrogen-bond donors (Lipinski definition) is 1. The molecule has 3 nitrogen and oxygen atoms in total. The summed E-state index contributed by atoms with van der Waals surface area (Å²) >= 11 is 0. The van der Waals surface area contributed by atoms with Crippen LogP contribution < -0.4 is 5.73 Å². The van der Waals surface area contributed by atoms with Gasteiger partial charge < -0.3 is 10.9 Å². The van der Waals surface area contributed by atoms with Crippen molar-refractivity contribution in [1.82, 2.24) is 0 Å². The number of nitrogens with two attached hydrogens (primary N) is 1. The summed E-state index contributed by atoms with van der Waals surface area (Å²) in [6.45, 7) is 0.506. The standard InChI is InChI=1S/C9H12N2O/c10-7-4-8-11(12)9-5-2-1-3-6-9/h1-3,5-6,8H,4,7,10H2/b11-8-. The van der Waals surface area contributed by atoms with Crippen molar-refractivity contribution in [1.29, 1.82) is 0 Å². The highest BCUT2D eigenvalue weighted by molar-refractivity contribution is 5.54. The van der Waals surface area contributed by atoms with Gasteiger partial charge in [-0.25, -0.2) is 0 Å². The van der Waals surface area contributed by atoms with Gasteiger partial charge >= 0.3 is 0 Å². The minimum Gasteiger partial charge on any atom is -0.619 e. The molecular weight excluding hydrogens is 152 g/mol. The zero-order valence-corrected chi connectivity index (χ0v) is 6.81. The van der Waals surface area contributed by atoms with Crippen molar-refractivity contribution in [3.05, 3.63) is 35.5 Å². The number of rotatable bonds is 3. The second-order valence-electron chi connectivity index (χ2n) is 2.42. The Bertz CT molecular complexity index is 256. The molecule has 1 aromatic rings. The second kappa shape index (κ2) is 4.51. The van der Waals surface area contributed by atoms with Crippen LogP contribution >= 0.6 is 0 Å². The Morgan fingerprint density at radius 2 is 2.00 bits per heavy atom. The molecule has 0 spiro atoms. The zero-order valence-electron chi connectivity index (χ0n) is 6.81. The van der Waals surface area contributed by atoms with Crippen molar-refractivity contribution < 1.29 is 4.74 Å². The van der Waals surface area contributed by atoms with E-state index < -0.39 is 0 Å². The molecule has 0 amide bonds. The summed E-state index contributed by atoms with van der Waals surface area (Å²) in [6, 6.07) is 9.06. The fourth-order valence-corrected chi connectivity index (χ4v) is 0.872. The summed E-state index contributed by atoms with van der Waals surface area (Å²) in [5.74, 6) is 0. The minimum atomic E-state index is 0.506. The lowest BCUT2D eigenvalue weighted by atomic mass is 10.3. The molecule has 0 radical (unpaired) electrons. The van der Waals surface area contributed by atoms with Gasteiger partial charge in [-0.1, -0.05) is 18.2 Å². The van der Waals surface area contributed by atoms with Crippen LogP contribution in [0.4, 0.5) is 5.69 Å². The minimum absolute atomic E-state index is 0.506.